The van der Waals surface area contributed by atoms with Gasteiger partial charge in [-0.1, -0.05) is 0 Å². The Bertz CT molecular complexity index is 972. The summed E-state index contributed by atoms with van der Waals surface area (Å²) in [6.45, 7) is 2.34. The van der Waals surface area contributed by atoms with Crippen LogP contribution in [0, 0.1) is 0 Å². The van der Waals surface area contributed by atoms with Crippen LogP contribution >= 0.6 is 11.3 Å². The van der Waals surface area contributed by atoms with Crippen molar-refractivity contribution in [1.29, 1.82) is 0 Å². The summed E-state index contributed by atoms with van der Waals surface area (Å²) in [6.07, 6.45) is 1.64. The fraction of sp³-hybridized carbons (Fsp3) is 0.200. The summed E-state index contributed by atoms with van der Waals surface area (Å²) in [7, 11) is 3.23. The summed E-state index contributed by atoms with van der Waals surface area (Å²) in [5, 5.41) is 16.5. The van der Waals surface area contributed by atoms with E-state index in [-0.39, 0.29) is 5.75 Å². The molecule has 2 aromatic carbocycles. The summed E-state index contributed by atoms with van der Waals surface area (Å²) >= 11 is 1.43. The van der Waals surface area contributed by atoms with Crippen molar-refractivity contribution in [2.24, 2.45) is 5.10 Å². The molecule has 0 bridgehead atoms. The molecule has 28 heavy (non-hydrogen) atoms. The quantitative estimate of drug-likeness (QED) is 0.432. The number of phenols is 1. The summed E-state index contributed by atoms with van der Waals surface area (Å²) < 4.78 is 16.0. The van der Waals surface area contributed by atoms with Gasteiger partial charge in [0.25, 0.3) is 0 Å². The van der Waals surface area contributed by atoms with E-state index in [0.717, 1.165) is 22.6 Å². The van der Waals surface area contributed by atoms with E-state index in [2.05, 4.69) is 15.5 Å². The van der Waals surface area contributed by atoms with E-state index in [4.69, 9.17) is 14.2 Å². The normalized spacial score (nSPS) is 10.8. The lowest BCUT2D eigenvalue weighted by Crippen LogP contribution is -1.94. The van der Waals surface area contributed by atoms with E-state index in [1.54, 1.807) is 38.6 Å². The van der Waals surface area contributed by atoms with Gasteiger partial charge in [-0.2, -0.15) is 5.10 Å². The van der Waals surface area contributed by atoms with Crippen LogP contribution in [0.1, 0.15) is 12.5 Å². The highest BCUT2D eigenvalue weighted by Crippen LogP contribution is 2.34. The first-order valence-electron chi connectivity index (χ1n) is 8.57. The lowest BCUT2D eigenvalue weighted by atomic mass is 10.1. The van der Waals surface area contributed by atoms with Gasteiger partial charge < -0.3 is 19.3 Å². The number of nitrogens with one attached hydrogen (secondary N) is 1. The number of hydrogen-bond donors (Lipinski definition) is 2. The second-order valence-electron chi connectivity index (χ2n) is 5.63. The molecule has 0 spiro atoms. The average Bonchev–Trinajstić information content (AvgIpc) is 3.18. The number of benzene rings is 2. The standard InChI is InChI=1S/C20H21N3O4S/c1-4-27-19-9-13(5-8-17(19)24)11-21-23-20-22-16(12-28-20)15-7-6-14(25-2)10-18(15)26-3/h5-12,24H,4H2,1-3H3,(H,22,23)/b21-11-. The van der Waals surface area contributed by atoms with Crippen LogP contribution in [0.25, 0.3) is 11.3 Å². The Balaban J connectivity index is 1.72. The Hall–Kier alpha value is -3.26. The molecule has 0 aliphatic rings. The van der Waals surface area contributed by atoms with Crippen LogP contribution in [-0.2, 0) is 0 Å². The molecule has 2 N–H and O–H groups in total. The number of nitrogens with zero attached hydrogens (tertiary/aromatic N) is 2. The lowest BCUT2D eigenvalue weighted by Gasteiger charge is -2.08. The molecule has 0 saturated heterocycles. The van der Waals surface area contributed by atoms with Gasteiger partial charge in [0, 0.05) is 17.0 Å². The van der Waals surface area contributed by atoms with E-state index in [1.807, 2.05) is 30.5 Å². The molecule has 0 atom stereocenters. The molecule has 7 nitrogen and oxygen atoms in total. The fourth-order valence-electron chi connectivity index (χ4n) is 2.50. The zero-order valence-corrected chi connectivity index (χ0v) is 16.6. The van der Waals surface area contributed by atoms with Gasteiger partial charge in [-0.05, 0) is 42.8 Å². The zero-order valence-electron chi connectivity index (χ0n) is 15.8. The molecule has 3 aromatic rings. The van der Waals surface area contributed by atoms with Crippen LogP contribution in [-0.4, -0.2) is 37.1 Å². The van der Waals surface area contributed by atoms with E-state index in [1.165, 1.54) is 11.3 Å². The molecule has 0 unspecified atom stereocenters. The molecule has 0 amide bonds. The SMILES string of the molecule is CCOc1cc(/C=N\Nc2nc(-c3ccc(OC)cc3OC)cs2)ccc1O. The van der Waals surface area contributed by atoms with Crippen LogP contribution in [0.5, 0.6) is 23.0 Å². The van der Waals surface area contributed by atoms with Crippen molar-refractivity contribution in [2.45, 2.75) is 6.92 Å². The molecule has 0 fully saturated rings. The van der Waals surface area contributed by atoms with Gasteiger partial charge in [0.05, 0.1) is 32.7 Å². The Morgan fingerprint density at radius 2 is 2.00 bits per heavy atom. The number of methoxy groups -OCH3 is 2. The number of ether oxygens (including phenoxy) is 3. The second-order valence-corrected chi connectivity index (χ2v) is 6.49. The molecule has 1 heterocycles. The fourth-order valence-corrected chi connectivity index (χ4v) is 3.16. The van der Waals surface area contributed by atoms with Crippen LogP contribution in [0.3, 0.4) is 0 Å². The van der Waals surface area contributed by atoms with Crippen LogP contribution in [0.2, 0.25) is 0 Å². The molecule has 3 rings (SSSR count). The van der Waals surface area contributed by atoms with Gasteiger partial charge in [-0.3, -0.25) is 5.43 Å². The van der Waals surface area contributed by atoms with Crippen molar-refractivity contribution in [3.05, 3.63) is 47.3 Å². The molecule has 0 saturated carbocycles. The van der Waals surface area contributed by atoms with Crippen molar-refractivity contribution in [3.8, 4) is 34.3 Å². The van der Waals surface area contributed by atoms with Gasteiger partial charge in [0.2, 0.25) is 5.13 Å². The Morgan fingerprint density at radius 3 is 2.75 bits per heavy atom. The van der Waals surface area contributed by atoms with Crippen LogP contribution in [0.15, 0.2) is 46.9 Å². The van der Waals surface area contributed by atoms with Gasteiger partial charge in [-0.15, -0.1) is 11.3 Å². The first-order chi connectivity index (χ1) is 13.6. The minimum Gasteiger partial charge on any atom is -0.504 e. The van der Waals surface area contributed by atoms with E-state index < -0.39 is 0 Å². The third-order valence-corrected chi connectivity index (χ3v) is 4.59. The van der Waals surface area contributed by atoms with Crippen LogP contribution in [0.4, 0.5) is 5.13 Å². The van der Waals surface area contributed by atoms with E-state index >= 15 is 0 Å². The first-order valence-corrected chi connectivity index (χ1v) is 9.45. The van der Waals surface area contributed by atoms with Crippen molar-refractivity contribution < 1.29 is 19.3 Å². The number of aromatic hydroxyl groups is 1. The largest absolute Gasteiger partial charge is 0.504 e. The number of hydrazone groups is 1. The molecule has 0 aliphatic heterocycles. The number of hydrogen-bond acceptors (Lipinski definition) is 8. The maximum atomic E-state index is 9.74. The number of thiazole rings is 1. The van der Waals surface area contributed by atoms with Gasteiger partial charge in [-0.25, -0.2) is 4.98 Å². The molecule has 0 aliphatic carbocycles. The summed E-state index contributed by atoms with van der Waals surface area (Å²) in [6, 6.07) is 10.6. The predicted molar refractivity (Wildman–Crippen MR) is 111 cm³/mol. The maximum absolute atomic E-state index is 9.74. The summed E-state index contributed by atoms with van der Waals surface area (Å²) in [5.74, 6) is 1.94. The second kappa shape index (κ2) is 9.09. The monoisotopic (exact) mass is 399 g/mol. The van der Waals surface area contributed by atoms with Gasteiger partial charge >= 0.3 is 0 Å². The Morgan fingerprint density at radius 1 is 1.14 bits per heavy atom. The third kappa shape index (κ3) is 4.52. The predicted octanol–water partition coefficient (Wildman–Crippen LogP) is 4.38. The first kappa shape index (κ1) is 19.5. The molecular formula is C20H21N3O4S. The van der Waals surface area contributed by atoms with Crippen LogP contribution < -0.4 is 19.6 Å². The number of rotatable bonds is 8. The highest BCUT2D eigenvalue weighted by Gasteiger charge is 2.11. The highest BCUT2D eigenvalue weighted by atomic mass is 32.1. The molecular weight excluding hydrogens is 378 g/mol. The highest BCUT2D eigenvalue weighted by molar-refractivity contribution is 7.14. The van der Waals surface area contributed by atoms with Crippen molar-refractivity contribution in [3.63, 3.8) is 0 Å². The average molecular weight is 399 g/mol. The number of phenolic OH excluding ortho intramolecular Hbond substituents is 1. The molecule has 1 aromatic heterocycles. The van der Waals surface area contributed by atoms with Gasteiger partial charge in [0.1, 0.15) is 11.5 Å². The topological polar surface area (TPSA) is 85.2 Å². The van der Waals surface area contributed by atoms with E-state index in [0.29, 0.717) is 23.2 Å². The minimum absolute atomic E-state index is 0.102. The maximum Gasteiger partial charge on any atom is 0.203 e. The summed E-state index contributed by atoms with van der Waals surface area (Å²) in [5.41, 5.74) is 5.37. The number of anilines is 1. The Labute approximate surface area is 167 Å². The molecule has 0 radical (unpaired) electrons. The lowest BCUT2D eigenvalue weighted by molar-refractivity contribution is 0.318. The van der Waals surface area contributed by atoms with E-state index in [9.17, 15) is 5.11 Å². The Kier molecular flexibility index (Phi) is 6.33. The minimum atomic E-state index is 0.102. The van der Waals surface area contributed by atoms with Crippen molar-refractivity contribution in [1.82, 2.24) is 4.98 Å². The van der Waals surface area contributed by atoms with Crippen molar-refractivity contribution >= 4 is 22.7 Å². The molecule has 8 heteroatoms. The third-order valence-electron chi connectivity index (χ3n) is 3.85. The smallest absolute Gasteiger partial charge is 0.203 e. The van der Waals surface area contributed by atoms with Crippen molar-refractivity contribution in [2.75, 3.05) is 26.3 Å². The number of aromatic nitrogens is 1. The van der Waals surface area contributed by atoms with Gasteiger partial charge in [0.15, 0.2) is 11.5 Å². The summed E-state index contributed by atoms with van der Waals surface area (Å²) in [4.78, 5) is 4.55. The zero-order chi connectivity index (χ0) is 19.9. The molecule has 146 valence electrons.